The molecule has 1 aliphatic heterocycles. The molecule has 0 bridgehead atoms. The summed E-state index contributed by atoms with van der Waals surface area (Å²) in [6.45, 7) is 2.37. The number of thiophene rings is 1. The highest BCUT2D eigenvalue weighted by Gasteiger charge is 2.17. The summed E-state index contributed by atoms with van der Waals surface area (Å²) in [5.74, 6) is 0.782. The van der Waals surface area contributed by atoms with Gasteiger partial charge in [0.2, 0.25) is 0 Å². The first-order valence-electron chi connectivity index (χ1n) is 4.81. The molecule has 1 atom stereocenters. The average molecular weight is 260 g/mol. The third-order valence-corrected chi connectivity index (χ3v) is 4.62. The highest BCUT2D eigenvalue weighted by atomic mass is 79.9. The van der Waals surface area contributed by atoms with Gasteiger partial charge in [0.05, 0.1) is 0 Å². The number of nitrogens with one attached hydrogen (secondary N) is 1. The average Bonchev–Trinajstić information content (AvgIpc) is 2.43. The van der Waals surface area contributed by atoms with Crippen molar-refractivity contribution in [3.8, 4) is 0 Å². The molecule has 0 amide bonds. The molecule has 1 aliphatic rings. The second kappa shape index (κ2) is 4.58. The van der Waals surface area contributed by atoms with Gasteiger partial charge in [-0.05, 0) is 65.6 Å². The van der Waals surface area contributed by atoms with E-state index >= 15 is 0 Å². The fourth-order valence-electron chi connectivity index (χ4n) is 1.88. The Labute approximate surface area is 91.7 Å². The molecule has 1 saturated heterocycles. The third kappa shape index (κ3) is 2.33. The predicted molar refractivity (Wildman–Crippen MR) is 61.5 cm³/mol. The van der Waals surface area contributed by atoms with Crippen LogP contribution in [0.1, 0.15) is 30.1 Å². The Morgan fingerprint density at radius 2 is 2.31 bits per heavy atom. The van der Waals surface area contributed by atoms with Crippen LogP contribution in [0.2, 0.25) is 0 Å². The van der Waals surface area contributed by atoms with E-state index in [4.69, 9.17) is 0 Å². The van der Waals surface area contributed by atoms with Gasteiger partial charge >= 0.3 is 0 Å². The van der Waals surface area contributed by atoms with E-state index in [1.807, 2.05) is 11.3 Å². The quantitative estimate of drug-likeness (QED) is 0.816. The first kappa shape index (κ1) is 9.69. The lowest BCUT2D eigenvalue weighted by Gasteiger charge is -2.11. The van der Waals surface area contributed by atoms with Crippen molar-refractivity contribution in [3.63, 3.8) is 0 Å². The Morgan fingerprint density at radius 3 is 3.08 bits per heavy atom. The predicted octanol–water partition coefficient (Wildman–Crippen LogP) is 3.37. The lowest BCUT2D eigenvalue weighted by molar-refractivity contribution is 0.617. The minimum atomic E-state index is 0.782. The van der Waals surface area contributed by atoms with Gasteiger partial charge in [-0.3, -0.25) is 0 Å². The highest BCUT2D eigenvalue weighted by molar-refractivity contribution is 9.10. The molecule has 0 spiro atoms. The molecule has 1 nitrogen and oxygen atoms in total. The molecule has 1 unspecified atom stereocenters. The molecule has 0 radical (unpaired) electrons. The zero-order valence-electron chi connectivity index (χ0n) is 7.55. The van der Waals surface area contributed by atoms with Gasteiger partial charge < -0.3 is 5.32 Å². The van der Waals surface area contributed by atoms with Crippen LogP contribution >= 0.6 is 27.3 Å². The summed E-state index contributed by atoms with van der Waals surface area (Å²) in [6, 6.07) is 2.16. The van der Waals surface area contributed by atoms with E-state index in [0.29, 0.717) is 0 Å². The van der Waals surface area contributed by atoms with Gasteiger partial charge in [-0.2, -0.15) is 0 Å². The van der Waals surface area contributed by atoms with E-state index in [1.54, 1.807) is 4.88 Å². The summed E-state index contributed by atoms with van der Waals surface area (Å²) in [6.07, 6.45) is 3.94. The minimum absolute atomic E-state index is 0.782. The zero-order valence-corrected chi connectivity index (χ0v) is 9.96. The Balaban J connectivity index is 2.10. The van der Waals surface area contributed by atoms with E-state index in [-0.39, 0.29) is 0 Å². The fourth-order valence-corrected chi connectivity index (χ4v) is 3.75. The number of halogens is 1. The zero-order chi connectivity index (χ0) is 9.10. The van der Waals surface area contributed by atoms with Crippen molar-refractivity contribution >= 4 is 27.3 Å². The molecule has 13 heavy (non-hydrogen) atoms. The van der Waals surface area contributed by atoms with Crippen LogP contribution in [-0.2, 0) is 0 Å². The maximum absolute atomic E-state index is 3.62. The van der Waals surface area contributed by atoms with E-state index in [2.05, 4.69) is 32.7 Å². The van der Waals surface area contributed by atoms with Crippen LogP contribution in [0.3, 0.4) is 0 Å². The Bertz CT molecular complexity index is 264. The van der Waals surface area contributed by atoms with Gasteiger partial charge in [0.15, 0.2) is 0 Å². The summed E-state index contributed by atoms with van der Waals surface area (Å²) in [7, 11) is 0. The summed E-state index contributed by atoms with van der Waals surface area (Å²) >= 11 is 5.51. The SMILES string of the molecule is Brc1ccsc1C1CCCNCC1. The number of hydrogen-bond donors (Lipinski definition) is 1. The topological polar surface area (TPSA) is 12.0 Å². The monoisotopic (exact) mass is 259 g/mol. The van der Waals surface area contributed by atoms with Crippen LogP contribution in [0.15, 0.2) is 15.9 Å². The van der Waals surface area contributed by atoms with E-state index in [0.717, 1.165) is 5.92 Å². The summed E-state index contributed by atoms with van der Waals surface area (Å²) in [5, 5.41) is 5.63. The summed E-state index contributed by atoms with van der Waals surface area (Å²) in [4.78, 5) is 1.55. The van der Waals surface area contributed by atoms with Crippen molar-refractivity contribution < 1.29 is 0 Å². The molecule has 2 rings (SSSR count). The Kier molecular flexibility index (Phi) is 3.41. The molecule has 0 aromatic carbocycles. The molecule has 2 heterocycles. The van der Waals surface area contributed by atoms with E-state index in [1.165, 1.54) is 36.8 Å². The molecular weight excluding hydrogens is 246 g/mol. The first-order valence-corrected chi connectivity index (χ1v) is 6.49. The normalized spacial score (nSPS) is 24.2. The van der Waals surface area contributed by atoms with Crippen molar-refractivity contribution in [1.29, 1.82) is 0 Å². The molecule has 1 aromatic heterocycles. The van der Waals surface area contributed by atoms with Crippen LogP contribution in [0.25, 0.3) is 0 Å². The second-order valence-corrected chi connectivity index (χ2v) is 5.31. The van der Waals surface area contributed by atoms with E-state index < -0.39 is 0 Å². The Morgan fingerprint density at radius 1 is 1.38 bits per heavy atom. The molecule has 72 valence electrons. The van der Waals surface area contributed by atoms with E-state index in [9.17, 15) is 0 Å². The van der Waals surface area contributed by atoms with Crippen molar-refractivity contribution in [2.45, 2.75) is 25.2 Å². The van der Waals surface area contributed by atoms with Crippen molar-refractivity contribution in [1.82, 2.24) is 5.32 Å². The molecule has 1 aromatic rings. The summed E-state index contributed by atoms with van der Waals surface area (Å²) in [5.41, 5.74) is 0. The molecule has 1 N–H and O–H groups in total. The van der Waals surface area contributed by atoms with Crippen LogP contribution in [0.4, 0.5) is 0 Å². The number of hydrogen-bond acceptors (Lipinski definition) is 2. The van der Waals surface area contributed by atoms with Crippen molar-refractivity contribution in [2.24, 2.45) is 0 Å². The van der Waals surface area contributed by atoms with Crippen molar-refractivity contribution in [2.75, 3.05) is 13.1 Å². The lowest BCUT2D eigenvalue weighted by atomic mass is 9.99. The Hall–Kier alpha value is 0.140. The molecule has 0 aliphatic carbocycles. The van der Waals surface area contributed by atoms with Gasteiger partial charge in [-0.25, -0.2) is 0 Å². The smallest absolute Gasteiger partial charge is 0.0317 e. The van der Waals surface area contributed by atoms with Crippen LogP contribution in [-0.4, -0.2) is 13.1 Å². The maximum atomic E-state index is 3.62. The van der Waals surface area contributed by atoms with Crippen LogP contribution in [0, 0.1) is 0 Å². The molecule has 1 fully saturated rings. The van der Waals surface area contributed by atoms with Gasteiger partial charge in [-0.15, -0.1) is 11.3 Å². The lowest BCUT2D eigenvalue weighted by Crippen LogP contribution is -2.13. The number of rotatable bonds is 1. The highest BCUT2D eigenvalue weighted by Crippen LogP contribution is 2.35. The molecule has 3 heteroatoms. The minimum Gasteiger partial charge on any atom is -0.317 e. The molecule has 0 saturated carbocycles. The fraction of sp³-hybridized carbons (Fsp3) is 0.600. The van der Waals surface area contributed by atoms with Crippen molar-refractivity contribution in [3.05, 3.63) is 20.8 Å². The van der Waals surface area contributed by atoms with Gasteiger partial charge in [0.25, 0.3) is 0 Å². The third-order valence-electron chi connectivity index (χ3n) is 2.59. The summed E-state index contributed by atoms with van der Waals surface area (Å²) < 4.78 is 1.31. The first-order chi connectivity index (χ1) is 6.38. The van der Waals surface area contributed by atoms with Crippen LogP contribution in [0.5, 0.6) is 0 Å². The van der Waals surface area contributed by atoms with Gasteiger partial charge in [0, 0.05) is 9.35 Å². The maximum Gasteiger partial charge on any atom is 0.0317 e. The van der Waals surface area contributed by atoms with Crippen LogP contribution < -0.4 is 5.32 Å². The van der Waals surface area contributed by atoms with Gasteiger partial charge in [-0.1, -0.05) is 0 Å². The second-order valence-electron chi connectivity index (χ2n) is 3.51. The largest absolute Gasteiger partial charge is 0.317 e. The molecular formula is C10H14BrNS. The van der Waals surface area contributed by atoms with Gasteiger partial charge in [0.1, 0.15) is 0 Å². The standard InChI is InChI=1S/C10H14BrNS/c11-9-4-7-13-10(9)8-2-1-5-12-6-3-8/h4,7-8,12H,1-3,5-6H2.